The molecule has 0 saturated heterocycles. The molecule has 1 aliphatic carbocycles. The Morgan fingerprint density at radius 1 is 1.27 bits per heavy atom. The third kappa shape index (κ3) is 5.41. The number of benzene rings is 1. The smallest absolute Gasteiger partial charge is 0.271 e. The summed E-state index contributed by atoms with van der Waals surface area (Å²) < 4.78 is 0. The lowest BCUT2D eigenvalue weighted by Crippen LogP contribution is -2.23. The van der Waals surface area contributed by atoms with Crippen LogP contribution in [0.2, 0.25) is 0 Å². The lowest BCUT2D eigenvalue weighted by molar-refractivity contribution is -0.116. The van der Waals surface area contributed by atoms with Gasteiger partial charge in [0.25, 0.3) is 5.91 Å². The quantitative estimate of drug-likeness (QED) is 0.586. The number of carbonyl (C=O) groups is 2. The number of carbonyl (C=O) groups excluding carboxylic acids is 2. The highest BCUT2D eigenvalue weighted by molar-refractivity contribution is 6.02. The highest BCUT2D eigenvalue weighted by Gasteiger charge is 2.19. The van der Waals surface area contributed by atoms with Crippen molar-refractivity contribution < 1.29 is 9.59 Å². The monoisotopic (exact) mass is 353 g/mol. The van der Waals surface area contributed by atoms with E-state index in [0.29, 0.717) is 23.6 Å². The van der Waals surface area contributed by atoms with Crippen LogP contribution >= 0.6 is 0 Å². The summed E-state index contributed by atoms with van der Waals surface area (Å²) in [7, 11) is 0. The van der Waals surface area contributed by atoms with E-state index < -0.39 is 0 Å². The van der Waals surface area contributed by atoms with Crippen molar-refractivity contribution in [1.82, 2.24) is 5.43 Å². The van der Waals surface area contributed by atoms with Gasteiger partial charge in [0.15, 0.2) is 0 Å². The first kappa shape index (κ1) is 19.6. The van der Waals surface area contributed by atoms with Crippen molar-refractivity contribution in [3.63, 3.8) is 0 Å². The number of hydrazone groups is 1. The van der Waals surface area contributed by atoms with Crippen LogP contribution < -0.4 is 10.7 Å². The predicted octanol–water partition coefficient (Wildman–Crippen LogP) is 4.44. The first-order valence-corrected chi connectivity index (χ1v) is 9.00. The van der Waals surface area contributed by atoms with E-state index in [-0.39, 0.29) is 11.8 Å². The summed E-state index contributed by atoms with van der Waals surface area (Å²) in [5, 5.41) is 7.11. The number of hydrogen-bond acceptors (Lipinski definition) is 3. The topological polar surface area (TPSA) is 70.6 Å². The molecule has 0 heterocycles. The average molecular weight is 353 g/mol. The molecule has 1 aliphatic rings. The van der Waals surface area contributed by atoms with Gasteiger partial charge in [0.1, 0.15) is 0 Å². The van der Waals surface area contributed by atoms with Crippen molar-refractivity contribution in [1.29, 1.82) is 0 Å². The van der Waals surface area contributed by atoms with Crippen LogP contribution in [-0.2, 0) is 4.79 Å². The van der Waals surface area contributed by atoms with Crippen molar-refractivity contribution in [2.45, 2.75) is 46.5 Å². The minimum atomic E-state index is -0.269. The maximum atomic E-state index is 12.3. The summed E-state index contributed by atoms with van der Waals surface area (Å²) in [4.78, 5) is 23.9. The number of rotatable bonds is 6. The zero-order valence-corrected chi connectivity index (χ0v) is 15.8. The Hall–Kier alpha value is -2.69. The maximum Gasteiger partial charge on any atom is 0.271 e. The maximum absolute atomic E-state index is 12.3. The summed E-state index contributed by atoms with van der Waals surface area (Å²) in [6.07, 6.45) is 5.19. The van der Waals surface area contributed by atoms with Gasteiger partial charge in [-0.3, -0.25) is 9.59 Å². The fraction of sp³-hybridized carbons (Fsp3) is 0.381. The Bertz CT molecular complexity index is 745. The third-order valence-corrected chi connectivity index (χ3v) is 4.50. The molecule has 0 aliphatic heterocycles. The molecule has 0 radical (unpaired) electrons. The van der Waals surface area contributed by atoms with Crippen LogP contribution in [0.25, 0.3) is 0 Å². The second-order valence-electron chi connectivity index (χ2n) is 6.75. The van der Waals surface area contributed by atoms with E-state index in [2.05, 4.69) is 28.5 Å². The lowest BCUT2D eigenvalue weighted by Gasteiger charge is -2.22. The fourth-order valence-corrected chi connectivity index (χ4v) is 2.76. The molecule has 2 amide bonds. The summed E-state index contributed by atoms with van der Waals surface area (Å²) in [5.74, 6) is 0.0808. The van der Waals surface area contributed by atoms with Crippen LogP contribution in [0.3, 0.4) is 0 Å². The van der Waals surface area contributed by atoms with E-state index in [1.54, 1.807) is 24.3 Å². The first-order valence-electron chi connectivity index (χ1n) is 9.00. The Morgan fingerprint density at radius 3 is 2.58 bits per heavy atom. The van der Waals surface area contributed by atoms with Gasteiger partial charge in [-0.1, -0.05) is 25.2 Å². The minimum absolute atomic E-state index is 0.0253. The summed E-state index contributed by atoms with van der Waals surface area (Å²) in [6.45, 7) is 10.0. The molecule has 26 heavy (non-hydrogen) atoms. The SMILES string of the molecule is C=C(C)[C@H]1CC=C(C)/C(=N/NC(=O)c2ccc(NC(=O)CCC)cc2)C1. The van der Waals surface area contributed by atoms with Gasteiger partial charge in [-0.2, -0.15) is 5.10 Å². The summed E-state index contributed by atoms with van der Waals surface area (Å²) in [6, 6.07) is 6.80. The minimum Gasteiger partial charge on any atom is -0.326 e. The Balaban J connectivity index is 1.99. The van der Waals surface area contributed by atoms with Crippen molar-refractivity contribution in [3.8, 4) is 0 Å². The van der Waals surface area contributed by atoms with Gasteiger partial charge in [-0.05, 0) is 68.9 Å². The predicted molar refractivity (Wildman–Crippen MR) is 106 cm³/mol. The van der Waals surface area contributed by atoms with Crippen molar-refractivity contribution in [2.24, 2.45) is 11.0 Å². The Morgan fingerprint density at radius 2 is 1.96 bits per heavy atom. The van der Waals surface area contributed by atoms with Crippen molar-refractivity contribution in [2.75, 3.05) is 5.32 Å². The average Bonchev–Trinajstić information content (AvgIpc) is 2.61. The van der Waals surface area contributed by atoms with Crippen LogP contribution in [0.5, 0.6) is 0 Å². The molecule has 0 bridgehead atoms. The molecular weight excluding hydrogens is 326 g/mol. The van der Waals surface area contributed by atoms with Gasteiger partial charge in [0, 0.05) is 17.7 Å². The molecule has 0 fully saturated rings. The van der Waals surface area contributed by atoms with Gasteiger partial charge >= 0.3 is 0 Å². The zero-order chi connectivity index (χ0) is 19.1. The van der Waals surface area contributed by atoms with Gasteiger partial charge in [-0.15, -0.1) is 0 Å². The lowest BCUT2D eigenvalue weighted by atomic mass is 9.85. The number of anilines is 1. The van der Waals surface area contributed by atoms with Crippen LogP contribution in [-0.4, -0.2) is 17.5 Å². The molecule has 1 aromatic rings. The second-order valence-corrected chi connectivity index (χ2v) is 6.75. The van der Waals surface area contributed by atoms with Crippen LogP contribution in [0.15, 0.2) is 53.2 Å². The molecule has 138 valence electrons. The highest BCUT2D eigenvalue weighted by atomic mass is 16.2. The van der Waals surface area contributed by atoms with Gasteiger partial charge in [-0.25, -0.2) is 5.43 Å². The molecular formula is C21H27N3O2. The van der Waals surface area contributed by atoms with Gasteiger partial charge in [0.05, 0.1) is 5.71 Å². The molecule has 0 spiro atoms. The van der Waals surface area contributed by atoms with Gasteiger partial charge in [0.2, 0.25) is 5.91 Å². The highest BCUT2D eigenvalue weighted by Crippen LogP contribution is 2.26. The molecule has 5 heteroatoms. The van der Waals surface area contributed by atoms with E-state index in [1.165, 1.54) is 0 Å². The molecule has 0 aromatic heterocycles. The standard InChI is InChI=1S/C21H27N3O2/c1-5-6-20(25)22-18-11-9-16(10-12-18)21(26)24-23-19-13-17(14(2)3)8-7-15(19)4/h7,9-12,17H,2,5-6,8,13H2,1,3-4H3,(H,22,25)(H,24,26)/b23-19+/t17-/m0/s1. The number of allylic oxidation sites excluding steroid dienone is 3. The molecule has 5 nitrogen and oxygen atoms in total. The second kappa shape index (κ2) is 9.13. The van der Waals surface area contributed by atoms with Crippen LogP contribution in [0.1, 0.15) is 56.8 Å². The fourth-order valence-electron chi connectivity index (χ4n) is 2.76. The summed E-state index contributed by atoms with van der Waals surface area (Å²) in [5.41, 5.74) is 6.93. The molecule has 2 N–H and O–H groups in total. The molecule has 1 aromatic carbocycles. The number of amides is 2. The third-order valence-electron chi connectivity index (χ3n) is 4.50. The number of hydrogen-bond donors (Lipinski definition) is 2. The zero-order valence-electron chi connectivity index (χ0n) is 15.8. The first-order chi connectivity index (χ1) is 12.4. The number of nitrogens with zero attached hydrogens (tertiary/aromatic N) is 1. The molecule has 1 atom stereocenters. The van der Waals surface area contributed by atoms with E-state index >= 15 is 0 Å². The number of nitrogens with one attached hydrogen (secondary N) is 2. The van der Waals surface area contributed by atoms with Crippen LogP contribution in [0, 0.1) is 5.92 Å². The van der Waals surface area contributed by atoms with E-state index in [0.717, 1.165) is 36.1 Å². The summed E-state index contributed by atoms with van der Waals surface area (Å²) >= 11 is 0. The van der Waals surface area contributed by atoms with Crippen LogP contribution in [0.4, 0.5) is 5.69 Å². The van der Waals surface area contributed by atoms with Crippen molar-refractivity contribution in [3.05, 3.63) is 53.6 Å². The van der Waals surface area contributed by atoms with E-state index in [9.17, 15) is 9.59 Å². The molecule has 0 saturated carbocycles. The van der Waals surface area contributed by atoms with Crippen molar-refractivity contribution >= 4 is 23.2 Å². The molecule has 0 unspecified atom stereocenters. The Kier molecular flexibility index (Phi) is 6.89. The normalized spacial score (nSPS) is 18.2. The van der Waals surface area contributed by atoms with E-state index in [1.807, 2.05) is 20.8 Å². The van der Waals surface area contributed by atoms with E-state index in [4.69, 9.17) is 0 Å². The van der Waals surface area contributed by atoms with Gasteiger partial charge < -0.3 is 5.32 Å². The largest absolute Gasteiger partial charge is 0.326 e. The molecule has 2 rings (SSSR count). The Labute approximate surface area is 155 Å².